The molecule has 0 aliphatic carbocycles. The van der Waals surface area contributed by atoms with E-state index in [-0.39, 0.29) is 69.5 Å². The smallest absolute Gasteiger partial charge is 0.338 e. The van der Waals surface area contributed by atoms with Gasteiger partial charge in [0.25, 0.3) is 0 Å². The van der Waals surface area contributed by atoms with Crippen molar-refractivity contribution < 1.29 is 90.5 Å². The van der Waals surface area contributed by atoms with E-state index in [1.54, 1.807) is 91.0 Å². The Kier molecular flexibility index (Phi) is 27.5. The molecule has 3 saturated heterocycles. The van der Waals surface area contributed by atoms with Crippen LogP contribution in [0, 0.1) is 0 Å². The third-order valence-corrected chi connectivity index (χ3v) is 18.5. The normalized spacial score (nSPS) is 24.2. The molecule has 0 spiro atoms. The van der Waals surface area contributed by atoms with Gasteiger partial charge in [-0.15, -0.1) is 0 Å². The number of aliphatic hydroxyl groups excluding tert-OH is 1. The number of aliphatic hydroxyl groups is 1. The van der Waals surface area contributed by atoms with Crippen molar-refractivity contribution >= 4 is 17.9 Å². The molecule has 19 nitrogen and oxygen atoms in total. The molecule has 3 aliphatic rings. The van der Waals surface area contributed by atoms with Crippen LogP contribution in [0.5, 0.6) is 0 Å². The van der Waals surface area contributed by atoms with Crippen LogP contribution in [0.15, 0.2) is 303 Å². The van der Waals surface area contributed by atoms with Crippen molar-refractivity contribution in [1.29, 1.82) is 0 Å². The van der Waals surface area contributed by atoms with Crippen LogP contribution in [0.2, 0.25) is 0 Å². The molecule has 15 atom stereocenters. The zero-order chi connectivity index (χ0) is 73.2. The van der Waals surface area contributed by atoms with Gasteiger partial charge in [-0.25, -0.2) is 14.4 Å². The summed E-state index contributed by atoms with van der Waals surface area (Å²) in [5.41, 5.74) is 6.36. The summed E-state index contributed by atoms with van der Waals surface area (Å²) in [6, 6.07) is 92.1. The number of esters is 3. The van der Waals surface area contributed by atoms with Gasteiger partial charge in [-0.05, 0) is 75.3 Å². The molecule has 19 heteroatoms. The van der Waals surface area contributed by atoms with Gasteiger partial charge in [-0.3, -0.25) is 0 Å². The van der Waals surface area contributed by atoms with E-state index >= 15 is 4.79 Å². The molecule has 0 saturated carbocycles. The zero-order valence-electron chi connectivity index (χ0n) is 58.9. The SMILES string of the molecule is O=C(O[C@@H]1[C@@H](OC(=O)c2ccccc2)[C@H](OC[C@H]2O[C@H](O)[C@H](OCc3ccccc3)[C@@H](OCc3ccccc3)[C@@H]2OCc2ccccc2)O[C@H](CO[C@H]2O[C@H](COCc3ccccc3)[C@@H](OCc3ccccc3)[C@H](OCc3ccccc3)[C@H]2OCc2ccccc2)[C@H]1OC(=O)c1ccccc1)c1ccccc1. The third-order valence-electron chi connectivity index (χ3n) is 18.5. The molecular weight excluding hydrogens is 1360 g/mol. The van der Waals surface area contributed by atoms with Gasteiger partial charge in [0.2, 0.25) is 0 Å². The number of rotatable bonds is 34. The number of benzene rings is 10. The Morgan fingerprint density at radius 2 is 0.495 bits per heavy atom. The molecule has 3 fully saturated rings. The molecule has 10 aromatic carbocycles. The number of carbonyl (C=O) groups is 3. The molecule has 3 aliphatic heterocycles. The number of hydrogen-bond acceptors (Lipinski definition) is 19. The quantitative estimate of drug-likeness (QED) is 0.0293. The van der Waals surface area contributed by atoms with Crippen molar-refractivity contribution in [1.82, 2.24) is 0 Å². The third kappa shape index (κ3) is 21.2. The predicted octanol–water partition coefficient (Wildman–Crippen LogP) is 13.6. The fourth-order valence-electron chi connectivity index (χ4n) is 13.0. The van der Waals surface area contributed by atoms with E-state index in [1.807, 2.05) is 212 Å². The van der Waals surface area contributed by atoms with Gasteiger partial charge < -0.3 is 76.2 Å². The fraction of sp³-hybridized carbons (Fsp3) is 0.284. The summed E-state index contributed by atoms with van der Waals surface area (Å²) in [4.78, 5) is 44.9. The first-order valence-electron chi connectivity index (χ1n) is 35.9. The Morgan fingerprint density at radius 1 is 0.243 bits per heavy atom. The second-order valence-corrected chi connectivity index (χ2v) is 26.1. The first-order valence-corrected chi connectivity index (χ1v) is 35.9. The van der Waals surface area contributed by atoms with E-state index in [0.29, 0.717) is 0 Å². The lowest BCUT2D eigenvalue weighted by Gasteiger charge is -2.48. The number of carbonyl (C=O) groups excluding carboxylic acids is 3. The molecular formula is C88H86O19. The maximum absolute atomic E-state index is 15.0. The Hall–Kier alpha value is -9.91. The number of ether oxygens (including phenoxy) is 15. The summed E-state index contributed by atoms with van der Waals surface area (Å²) >= 11 is 0. The van der Waals surface area contributed by atoms with Crippen LogP contribution in [0.1, 0.15) is 70.0 Å². The van der Waals surface area contributed by atoms with Crippen LogP contribution < -0.4 is 0 Å². The Labute approximate surface area is 622 Å². The van der Waals surface area contributed by atoms with Gasteiger partial charge in [0.15, 0.2) is 37.2 Å². The van der Waals surface area contributed by atoms with Gasteiger partial charge in [-0.1, -0.05) is 267 Å². The highest BCUT2D eigenvalue weighted by molar-refractivity contribution is 5.91. The molecule has 3 heterocycles. The Morgan fingerprint density at radius 3 is 0.850 bits per heavy atom. The van der Waals surface area contributed by atoms with Gasteiger partial charge in [0, 0.05) is 0 Å². The van der Waals surface area contributed by atoms with Crippen molar-refractivity contribution in [2.45, 2.75) is 138 Å². The van der Waals surface area contributed by atoms with Crippen LogP contribution in [-0.2, 0) is 117 Å². The summed E-state index contributed by atoms with van der Waals surface area (Å²) < 4.78 is 103. The van der Waals surface area contributed by atoms with Gasteiger partial charge in [-0.2, -0.15) is 0 Å². The van der Waals surface area contributed by atoms with E-state index in [4.69, 9.17) is 71.1 Å². The van der Waals surface area contributed by atoms with E-state index in [0.717, 1.165) is 38.9 Å². The van der Waals surface area contributed by atoms with E-state index in [9.17, 15) is 14.7 Å². The fourth-order valence-corrected chi connectivity index (χ4v) is 13.0. The zero-order valence-corrected chi connectivity index (χ0v) is 58.9. The van der Waals surface area contributed by atoms with Crippen molar-refractivity contribution in [3.05, 3.63) is 359 Å². The summed E-state index contributed by atoms with van der Waals surface area (Å²) in [5, 5.41) is 12.4. The average molecular weight is 1450 g/mol. The molecule has 107 heavy (non-hydrogen) atoms. The van der Waals surface area contributed by atoms with Crippen LogP contribution in [-0.4, -0.2) is 135 Å². The highest BCUT2D eigenvalue weighted by atomic mass is 16.8. The molecule has 0 unspecified atom stereocenters. The molecule has 0 amide bonds. The topological polar surface area (TPSA) is 210 Å². The molecule has 10 aromatic rings. The van der Waals surface area contributed by atoms with Crippen molar-refractivity contribution in [2.75, 3.05) is 19.8 Å². The van der Waals surface area contributed by atoms with Crippen molar-refractivity contribution in [3.63, 3.8) is 0 Å². The lowest BCUT2D eigenvalue weighted by molar-refractivity contribution is -0.351. The second kappa shape index (κ2) is 39.1. The predicted molar refractivity (Wildman–Crippen MR) is 393 cm³/mol. The molecule has 0 bridgehead atoms. The summed E-state index contributed by atoms with van der Waals surface area (Å²) in [7, 11) is 0. The standard InChI is InChI=1S/C88H86O19/c89-83(68-45-25-8-26-46-68)105-76-73(60-100-87-81(99-57-67-43-23-7-24-44-67)78(97-55-65-39-19-5-20-40-65)74(94-52-62-33-13-2-14-34-62)71(103-87)58-93-51-61-31-11-1-12-32-61)104-88(82(107-85(91)70-49-29-10-30-50-70)79(76)106-84(90)69-47-27-9-28-48-69)101-59-72-75(95-53-63-35-15-3-16-36-63)77(96-54-64-37-17-4-18-38-64)80(86(92)102-72)98-56-66-41-21-6-22-42-66/h1-50,71-82,86-88,92H,51-60H2/t71-,72-,73-,74-,75-,76-,77+,78+,79+,80-,81-,82-,86+,87+,88-/m1/s1. The largest absolute Gasteiger partial charge is 0.452 e. The van der Waals surface area contributed by atoms with Crippen LogP contribution in [0.3, 0.4) is 0 Å². The van der Waals surface area contributed by atoms with Crippen molar-refractivity contribution in [2.24, 2.45) is 0 Å². The van der Waals surface area contributed by atoms with Crippen molar-refractivity contribution in [3.8, 4) is 0 Å². The monoisotopic (exact) mass is 1450 g/mol. The molecule has 13 rings (SSSR count). The Balaban J connectivity index is 0.898. The van der Waals surface area contributed by atoms with Crippen LogP contribution >= 0.6 is 0 Å². The maximum Gasteiger partial charge on any atom is 0.338 e. The molecule has 0 radical (unpaired) electrons. The summed E-state index contributed by atoms with van der Waals surface area (Å²) in [6.45, 7) is -0.253. The minimum Gasteiger partial charge on any atom is -0.452 e. The lowest BCUT2D eigenvalue weighted by Crippen LogP contribution is -2.65. The molecule has 1 N–H and O–H groups in total. The highest BCUT2D eigenvalue weighted by Gasteiger charge is 2.56. The first kappa shape index (κ1) is 75.3. The average Bonchev–Trinajstić information content (AvgIpc) is 0.781. The van der Waals surface area contributed by atoms with E-state index in [1.165, 1.54) is 0 Å². The minimum absolute atomic E-state index is 0.0179. The summed E-state index contributed by atoms with van der Waals surface area (Å²) in [5.74, 6) is -2.61. The van der Waals surface area contributed by atoms with Gasteiger partial charge >= 0.3 is 17.9 Å². The number of hydrogen-bond donors (Lipinski definition) is 1. The van der Waals surface area contributed by atoms with Crippen LogP contribution in [0.4, 0.5) is 0 Å². The second-order valence-electron chi connectivity index (χ2n) is 26.1. The molecule has 0 aromatic heterocycles. The maximum atomic E-state index is 15.0. The highest BCUT2D eigenvalue weighted by Crippen LogP contribution is 2.37. The Bertz CT molecular complexity index is 4240. The minimum atomic E-state index is -1.76. The van der Waals surface area contributed by atoms with Gasteiger partial charge in [0.05, 0.1) is 82.8 Å². The van der Waals surface area contributed by atoms with E-state index in [2.05, 4.69) is 0 Å². The van der Waals surface area contributed by atoms with E-state index < -0.39 is 123 Å². The van der Waals surface area contributed by atoms with Gasteiger partial charge in [0.1, 0.15) is 54.9 Å². The summed E-state index contributed by atoms with van der Waals surface area (Å²) in [6.07, 6.45) is -19.7. The lowest BCUT2D eigenvalue weighted by atomic mass is 9.96. The van der Waals surface area contributed by atoms with Crippen LogP contribution in [0.25, 0.3) is 0 Å². The first-order chi connectivity index (χ1) is 52.7. The molecule has 552 valence electrons.